The molecule has 0 aromatic carbocycles. The molecule has 0 aliphatic heterocycles. The molecule has 20 heavy (non-hydrogen) atoms. The number of pyridine rings is 1. The first-order chi connectivity index (χ1) is 9.04. The standard InChI is InChI=1S/C11H12F6N2O/c1-3-18-8-4-7(11(15,16)17)5-9(19-8)20-6(2)10(12,13)14/h4-6H,3H2,1-2H3,(H,18,19). The molecule has 0 aliphatic carbocycles. The van der Waals surface area contributed by atoms with Gasteiger partial charge in [-0.25, -0.2) is 0 Å². The van der Waals surface area contributed by atoms with Gasteiger partial charge < -0.3 is 10.1 Å². The summed E-state index contributed by atoms with van der Waals surface area (Å²) in [6.45, 7) is 2.57. The summed E-state index contributed by atoms with van der Waals surface area (Å²) in [5.41, 5.74) is -1.13. The minimum absolute atomic E-state index is 0.202. The fraction of sp³-hybridized carbons (Fsp3) is 0.545. The number of hydrogen-bond donors (Lipinski definition) is 1. The quantitative estimate of drug-likeness (QED) is 0.858. The maximum atomic E-state index is 12.6. The predicted octanol–water partition coefficient (Wildman–Crippen LogP) is 3.86. The maximum absolute atomic E-state index is 12.6. The molecule has 0 fully saturated rings. The molecule has 0 saturated heterocycles. The van der Waals surface area contributed by atoms with Gasteiger partial charge in [0.2, 0.25) is 5.88 Å². The van der Waals surface area contributed by atoms with Crippen molar-refractivity contribution in [3.05, 3.63) is 17.7 Å². The molecule has 114 valence electrons. The van der Waals surface area contributed by atoms with Crippen LogP contribution in [0.3, 0.4) is 0 Å². The summed E-state index contributed by atoms with van der Waals surface area (Å²) < 4.78 is 79.3. The van der Waals surface area contributed by atoms with Crippen molar-refractivity contribution in [2.45, 2.75) is 32.3 Å². The molecule has 1 unspecified atom stereocenters. The van der Waals surface area contributed by atoms with Gasteiger partial charge in [-0.15, -0.1) is 0 Å². The Balaban J connectivity index is 3.09. The Bertz CT molecular complexity index is 457. The molecular formula is C11H12F6N2O. The molecule has 0 saturated carbocycles. The van der Waals surface area contributed by atoms with Crippen LogP contribution in [-0.4, -0.2) is 23.8 Å². The number of anilines is 1. The highest BCUT2D eigenvalue weighted by atomic mass is 19.4. The third-order valence-electron chi connectivity index (χ3n) is 2.25. The first-order valence-electron chi connectivity index (χ1n) is 5.60. The third kappa shape index (κ3) is 4.46. The van der Waals surface area contributed by atoms with Crippen LogP contribution in [0.2, 0.25) is 0 Å². The lowest BCUT2D eigenvalue weighted by Crippen LogP contribution is -2.31. The van der Waals surface area contributed by atoms with Gasteiger partial charge in [-0.1, -0.05) is 0 Å². The van der Waals surface area contributed by atoms with E-state index in [1.165, 1.54) is 0 Å². The smallest absolute Gasteiger partial charge is 0.425 e. The lowest BCUT2D eigenvalue weighted by Gasteiger charge is -2.18. The summed E-state index contributed by atoms with van der Waals surface area (Å²) in [4.78, 5) is 3.56. The van der Waals surface area contributed by atoms with Gasteiger partial charge in [0.1, 0.15) is 5.82 Å². The number of hydrogen-bond acceptors (Lipinski definition) is 3. The molecule has 1 N–H and O–H groups in total. The highest BCUT2D eigenvalue weighted by Gasteiger charge is 2.39. The average molecular weight is 302 g/mol. The lowest BCUT2D eigenvalue weighted by atomic mass is 10.2. The van der Waals surface area contributed by atoms with E-state index in [9.17, 15) is 26.3 Å². The van der Waals surface area contributed by atoms with E-state index >= 15 is 0 Å². The van der Waals surface area contributed by atoms with E-state index in [0.29, 0.717) is 19.1 Å². The average Bonchev–Trinajstić information content (AvgIpc) is 2.26. The van der Waals surface area contributed by atoms with Crippen molar-refractivity contribution in [1.82, 2.24) is 4.98 Å². The van der Waals surface area contributed by atoms with E-state index in [-0.39, 0.29) is 12.4 Å². The van der Waals surface area contributed by atoms with Gasteiger partial charge in [-0.2, -0.15) is 31.3 Å². The molecule has 1 atom stereocenters. The zero-order valence-electron chi connectivity index (χ0n) is 10.6. The van der Waals surface area contributed by atoms with Crippen LogP contribution >= 0.6 is 0 Å². The zero-order chi connectivity index (χ0) is 15.6. The Labute approximate surface area is 110 Å². The van der Waals surface area contributed by atoms with Gasteiger partial charge in [-0.3, -0.25) is 0 Å². The van der Waals surface area contributed by atoms with E-state index in [1.54, 1.807) is 6.92 Å². The van der Waals surface area contributed by atoms with Gasteiger partial charge in [0.15, 0.2) is 6.10 Å². The fourth-order valence-electron chi connectivity index (χ4n) is 1.25. The van der Waals surface area contributed by atoms with Gasteiger partial charge in [0.05, 0.1) is 5.56 Å². The van der Waals surface area contributed by atoms with Crippen LogP contribution < -0.4 is 10.1 Å². The van der Waals surface area contributed by atoms with Crippen LogP contribution in [0.25, 0.3) is 0 Å². The first kappa shape index (κ1) is 16.4. The van der Waals surface area contributed by atoms with Gasteiger partial charge >= 0.3 is 12.4 Å². The molecule has 3 nitrogen and oxygen atoms in total. The second-order valence-electron chi connectivity index (χ2n) is 3.91. The fourth-order valence-corrected chi connectivity index (χ4v) is 1.25. The zero-order valence-corrected chi connectivity index (χ0v) is 10.6. The summed E-state index contributed by atoms with van der Waals surface area (Å²) in [5.74, 6) is -0.938. The number of halogens is 6. The highest BCUT2D eigenvalue weighted by Crippen LogP contribution is 2.33. The summed E-state index contributed by atoms with van der Waals surface area (Å²) in [6.07, 6.45) is -11.6. The summed E-state index contributed by atoms with van der Waals surface area (Å²) in [7, 11) is 0. The monoisotopic (exact) mass is 302 g/mol. The van der Waals surface area contributed by atoms with E-state index in [4.69, 9.17) is 0 Å². The molecule has 0 spiro atoms. The Hall–Kier alpha value is -1.67. The first-order valence-corrected chi connectivity index (χ1v) is 5.60. The minimum Gasteiger partial charge on any atom is -0.465 e. The number of alkyl halides is 6. The molecule has 0 radical (unpaired) electrons. The second kappa shape index (κ2) is 5.76. The summed E-state index contributed by atoms with van der Waals surface area (Å²) >= 11 is 0. The molecule has 0 amide bonds. The van der Waals surface area contributed by atoms with Gasteiger partial charge in [0.25, 0.3) is 0 Å². The second-order valence-corrected chi connectivity index (χ2v) is 3.91. The number of nitrogens with zero attached hydrogens (tertiary/aromatic N) is 1. The molecule has 1 aromatic rings. The Morgan fingerprint density at radius 3 is 2.25 bits per heavy atom. The maximum Gasteiger partial charge on any atom is 0.425 e. The van der Waals surface area contributed by atoms with Crippen LogP contribution in [0.5, 0.6) is 5.88 Å². The summed E-state index contributed by atoms with van der Waals surface area (Å²) in [5, 5.41) is 2.50. The lowest BCUT2D eigenvalue weighted by molar-refractivity contribution is -0.190. The minimum atomic E-state index is -4.70. The Morgan fingerprint density at radius 2 is 1.80 bits per heavy atom. The van der Waals surface area contributed by atoms with Crippen molar-refractivity contribution >= 4 is 5.82 Å². The molecule has 1 heterocycles. The third-order valence-corrected chi connectivity index (χ3v) is 2.25. The van der Waals surface area contributed by atoms with Crippen molar-refractivity contribution in [1.29, 1.82) is 0 Å². The molecule has 0 aliphatic rings. The van der Waals surface area contributed by atoms with Crippen molar-refractivity contribution in [3.8, 4) is 5.88 Å². The Kier molecular flexibility index (Phi) is 4.72. The van der Waals surface area contributed by atoms with E-state index in [2.05, 4.69) is 15.0 Å². The van der Waals surface area contributed by atoms with Crippen molar-refractivity contribution in [2.75, 3.05) is 11.9 Å². The SMILES string of the molecule is CCNc1cc(C(F)(F)F)cc(OC(C)C(F)(F)F)n1. The van der Waals surface area contributed by atoms with Crippen LogP contribution in [0.4, 0.5) is 32.2 Å². The van der Waals surface area contributed by atoms with Crippen molar-refractivity contribution < 1.29 is 31.1 Å². The number of rotatable bonds is 4. The Morgan fingerprint density at radius 1 is 1.20 bits per heavy atom. The number of aromatic nitrogens is 1. The predicted molar refractivity (Wildman–Crippen MR) is 59.5 cm³/mol. The highest BCUT2D eigenvalue weighted by molar-refractivity contribution is 5.42. The topological polar surface area (TPSA) is 34.1 Å². The van der Waals surface area contributed by atoms with Crippen LogP contribution in [0.15, 0.2) is 12.1 Å². The molecule has 0 bridgehead atoms. The number of ether oxygens (including phenoxy) is 1. The van der Waals surface area contributed by atoms with E-state index in [1.807, 2.05) is 0 Å². The molecule has 9 heteroatoms. The van der Waals surface area contributed by atoms with Gasteiger partial charge in [0, 0.05) is 12.6 Å². The van der Waals surface area contributed by atoms with E-state index in [0.717, 1.165) is 0 Å². The van der Waals surface area contributed by atoms with E-state index < -0.39 is 29.9 Å². The molecule has 1 rings (SSSR count). The molecular weight excluding hydrogens is 290 g/mol. The van der Waals surface area contributed by atoms with Crippen molar-refractivity contribution in [3.63, 3.8) is 0 Å². The van der Waals surface area contributed by atoms with Crippen LogP contribution in [-0.2, 0) is 6.18 Å². The normalized spacial score (nSPS) is 14.0. The summed E-state index contributed by atoms with van der Waals surface area (Å²) in [6, 6.07) is 1.14. The van der Waals surface area contributed by atoms with Crippen molar-refractivity contribution in [2.24, 2.45) is 0 Å². The van der Waals surface area contributed by atoms with Crippen LogP contribution in [0.1, 0.15) is 19.4 Å². The molecule has 1 aromatic heterocycles. The number of nitrogens with one attached hydrogen (secondary N) is 1. The van der Waals surface area contributed by atoms with Gasteiger partial charge in [-0.05, 0) is 19.9 Å². The van der Waals surface area contributed by atoms with Crippen LogP contribution in [0, 0.1) is 0 Å². The largest absolute Gasteiger partial charge is 0.465 e.